The maximum absolute atomic E-state index is 13.4. The number of piperazine rings is 1. The fourth-order valence-corrected chi connectivity index (χ4v) is 7.51. The number of nitrogens with zero attached hydrogens (tertiary/aromatic N) is 5. The summed E-state index contributed by atoms with van der Waals surface area (Å²) in [5.74, 6) is 0. The van der Waals surface area contributed by atoms with Gasteiger partial charge in [0.2, 0.25) is 0 Å². The lowest BCUT2D eigenvalue weighted by atomic mass is 9.77. The predicted octanol–water partition coefficient (Wildman–Crippen LogP) is 9.59. The van der Waals surface area contributed by atoms with Gasteiger partial charge in [-0.1, -0.05) is 103 Å². The molecule has 1 aliphatic rings. The molecule has 51 heavy (non-hydrogen) atoms. The molecule has 1 saturated heterocycles. The van der Waals surface area contributed by atoms with Crippen LogP contribution in [0.4, 0.5) is 24.5 Å². The number of anilines is 2. The van der Waals surface area contributed by atoms with Crippen molar-refractivity contribution in [2.75, 3.05) is 36.0 Å². The third-order valence-electron chi connectivity index (χ3n) is 10.0. The van der Waals surface area contributed by atoms with Crippen LogP contribution in [0.5, 0.6) is 0 Å². The summed E-state index contributed by atoms with van der Waals surface area (Å²) in [7, 11) is 0. The van der Waals surface area contributed by atoms with Crippen LogP contribution in [0.15, 0.2) is 152 Å². The summed E-state index contributed by atoms with van der Waals surface area (Å²) in [6.45, 7) is 4.61. The molecule has 8 rings (SSSR count). The third kappa shape index (κ3) is 5.90. The van der Waals surface area contributed by atoms with Crippen LogP contribution in [0.2, 0.25) is 0 Å². The molecule has 2 aromatic heterocycles. The zero-order chi connectivity index (χ0) is 35.0. The van der Waals surface area contributed by atoms with Crippen molar-refractivity contribution in [2.24, 2.45) is 0 Å². The first-order valence-electron chi connectivity index (χ1n) is 17.1. The van der Waals surface area contributed by atoms with Crippen molar-refractivity contribution >= 4 is 22.3 Å². The van der Waals surface area contributed by atoms with Crippen molar-refractivity contribution in [3.8, 4) is 11.1 Å². The SMILES string of the molecule is Cc1nn(C(c2ccccc2)(c2ccccc2)c2ccccc2)cc1-c1ccc2nccc(N3CCN(c4cccc(C(F)(F)F)c4)CC3)c2c1. The van der Waals surface area contributed by atoms with E-state index in [1.165, 1.54) is 12.1 Å². The largest absolute Gasteiger partial charge is 0.416 e. The van der Waals surface area contributed by atoms with E-state index < -0.39 is 17.3 Å². The number of hydrogen-bond acceptors (Lipinski definition) is 4. The van der Waals surface area contributed by atoms with Crippen molar-refractivity contribution in [3.05, 3.63) is 180 Å². The highest BCUT2D eigenvalue weighted by Crippen LogP contribution is 2.42. The maximum atomic E-state index is 13.4. The number of aryl methyl sites for hydroxylation is 1. The van der Waals surface area contributed by atoms with E-state index in [-0.39, 0.29) is 0 Å². The molecule has 0 atom stereocenters. The van der Waals surface area contributed by atoms with Crippen molar-refractivity contribution in [3.63, 3.8) is 0 Å². The molecular weight excluding hydrogens is 644 g/mol. The van der Waals surface area contributed by atoms with Gasteiger partial charge in [-0.2, -0.15) is 18.3 Å². The van der Waals surface area contributed by atoms with Gasteiger partial charge >= 0.3 is 6.18 Å². The predicted molar refractivity (Wildman–Crippen MR) is 198 cm³/mol. The number of aromatic nitrogens is 3. The van der Waals surface area contributed by atoms with Crippen molar-refractivity contribution in [1.29, 1.82) is 0 Å². The van der Waals surface area contributed by atoms with Gasteiger partial charge in [-0.25, -0.2) is 0 Å². The topological polar surface area (TPSA) is 37.2 Å². The number of rotatable bonds is 7. The number of benzene rings is 5. The van der Waals surface area contributed by atoms with E-state index >= 15 is 0 Å². The van der Waals surface area contributed by atoms with Crippen molar-refractivity contribution in [2.45, 2.75) is 18.6 Å². The fourth-order valence-electron chi connectivity index (χ4n) is 7.51. The Bertz CT molecular complexity index is 2180. The number of alkyl halides is 3. The highest BCUT2D eigenvalue weighted by molar-refractivity contribution is 5.95. The average Bonchev–Trinajstić information content (AvgIpc) is 3.57. The van der Waals surface area contributed by atoms with E-state index in [0.717, 1.165) is 56.2 Å². The highest BCUT2D eigenvalue weighted by atomic mass is 19.4. The van der Waals surface area contributed by atoms with E-state index in [1.807, 2.05) is 35.4 Å². The summed E-state index contributed by atoms with van der Waals surface area (Å²) in [5, 5.41) is 6.28. The van der Waals surface area contributed by atoms with Gasteiger partial charge in [0.25, 0.3) is 0 Å². The zero-order valence-corrected chi connectivity index (χ0v) is 28.1. The standard InChI is InChI=1S/C43H36F3N5/c1-31-39(30-51(48-31)42(33-12-5-2-6-13-33,34-14-7-3-8-15-34)35-16-9-4-10-17-35)32-20-21-40-38(28-32)41(22-23-47-40)50-26-24-49(25-27-50)37-19-11-18-36(29-37)43(44,45)46/h2-23,28-30H,24-27H2,1H3. The van der Waals surface area contributed by atoms with Gasteiger partial charge in [0.15, 0.2) is 0 Å². The summed E-state index contributed by atoms with van der Waals surface area (Å²) >= 11 is 0. The second-order valence-electron chi connectivity index (χ2n) is 13.0. The number of halogens is 3. The van der Waals surface area contributed by atoms with Crippen LogP contribution < -0.4 is 9.80 Å². The van der Waals surface area contributed by atoms with Crippen LogP contribution in [0.3, 0.4) is 0 Å². The molecule has 0 bridgehead atoms. The second-order valence-corrected chi connectivity index (χ2v) is 13.0. The van der Waals surface area contributed by atoms with Crippen LogP contribution in [-0.2, 0) is 11.7 Å². The monoisotopic (exact) mass is 679 g/mol. The summed E-state index contributed by atoms with van der Waals surface area (Å²) in [5.41, 5.74) is 7.45. The van der Waals surface area contributed by atoms with Gasteiger partial charge in [-0.05, 0) is 65.6 Å². The molecule has 0 radical (unpaired) electrons. The summed E-state index contributed by atoms with van der Waals surface area (Å²) in [6.07, 6.45) is -0.381. The van der Waals surface area contributed by atoms with Crippen LogP contribution in [0.25, 0.3) is 22.0 Å². The number of hydrogen-bond donors (Lipinski definition) is 0. The molecule has 0 N–H and O–H groups in total. The zero-order valence-electron chi connectivity index (χ0n) is 28.1. The highest BCUT2D eigenvalue weighted by Gasteiger charge is 2.40. The van der Waals surface area contributed by atoms with Crippen LogP contribution in [-0.4, -0.2) is 40.9 Å². The molecule has 0 unspecified atom stereocenters. The smallest absolute Gasteiger partial charge is 0.368 e. The molecule has 0 saturated carbocycles. The van der Waals surface area contributed by atoms with Crippen LogP contribution in [0, 0.1) is 6.92 Å². The summed E-state index contributed by atoms with van der Waals surface area (Å²) in [6, 6.07) is 45.5. The molecule has 5 nitrogen and oxygen atoms in total. The van der Waals surface area contributed by atoms with Crippen LogP contribution >= 0.6 is 0 Å². The first kappa shape index (κ1) is 32.3. The Morgan fingerprint density at radius 1 is 0.588 bits per heavy atom. The molecule has 7 aromatic rings. The quantitative estimate of drug-likeness (QED) is 0.157. The van der Waals surface area contributed by atoms with Gasteiger partial charge in [-0.15, -0.1) is 0 Å². The molecule has 0 aliphatic carbocycles. The van der Waals surface area contributed by atoms with Gasteiger partial charge < -0.3 is 9.80 Å². The molecule has 8 heteroatoms. The van der Waals surface area contributed by atoms with E-state index in [0.29, 0.717) is 31.9 Å². The summed E-state index contributed by atoms with van der Waals surface area (Å²) in [4.78, 5) is 9.02. The van der Waals surface area contributed by atoms with E-state index in [9.17, 15) is 13.2 Å². The second kappa shape index (κ2) is 13.1. The summed E-state index contributed by atoms with van der Waals surface area (Å²) < 4.78 is 42.3. The Morgan fingerprint density at radius 3 is 1.75 bits per heavy atom. The van der Waals surface area contributed by atoms with Crippen molar-refractivity contribution in [1.82, 2.24) is 14.8 Å². The minimum Gasteiger partial charge on any atom is -0.368 e. The van der Waals surface area contributed by atoms with Crippen LogP contribution in [0.1, 0.15) is 27.9 Å². The lowest BCUT2D eigenvalue weighted by Gasteiger charge is -2.38. The first-order valence-corrected chi connectivity index (χ1v) is 17.1. The van der Waals surface area contributed by atoms with Gasteiger partial charge in [-0.3, -0.25) is 9.67 Å². The Morgan fingerprint density at radius 2 is 1.16 bits per heavy atom. The molecule has 254 valence electrons. The number of pyridine rings is 1. The lowest BCUT2D eigenvalue weighted by Crippen LogP contribution is -2.46. The lowest BCUT2D eigenvalue weighted by molar-refractivity contribution is -0.137. The average molecular weight is 680 g/mol. The van der Waals surface area contributed by atoms with E-state index in [2.05, 4.69) is 119 Å². The Hall–Kier alpha value is -5.89. The first-order chi connectivity index (χ1) is 24.8. The molecule has 3 heterocycles. The molecule has 5 aromatic carbocycles. The maximum Gasteiger partial charge on any atom is 0.416 e. The minimum absolute atomic E-state index is 0.594. The Kier molecular flexibility index (Phi) is 8.30. The third-order valence-corrected chi connectivity index (χ3v) is 10.0. The van der Waals surface area contributed by atoms with Gasteiger partial charge in [0, 0.05) is 60.9 Å². The minimum atomic E-state index is -4.37. The van der Waals surface area contributed by atoms with E-state index in [4.69, 9.17) is 5.10 Å². The molecular formula is C43H36F3N5. The Balaban J connectivity index is 1.17. The molecule has 0 spiro atoms. The molecule has 0 amide bonds. The van der Waals surface area contributed by atoms with Crippen molar-refractivity contribution < 1.29 is 13.2 Å². The van der Waals surface area contributed by atoms with Gasteiger partial charge in [0.1, 0.15) is 5.54 Å². The normalized spacial score (nSPS) is 13.9. The fraction of sp³-hybridized carbons (Fsp3) is 0.163. The molecule has 1 aliphatic heterocycles. The Labute approximate surface area is 295 Å². The molecule has 1 fully saturated rings. The van der Waals surface area contributed by atoms with Gasteiger partial charge in [0.05, 0.1) is 16.8 Å². The van der Waals surface area contributed by atoms with E-state index in [1.54, 1.807) is 6.07 Å². The number of fused-ring (bicyclic) bond motifs is 1.